The van der Waals surface area contributed by atoms with Gasteiger partial charge in [0, 0.05) is 18.4 Å². The van der Waals surface area contributed by atoms with Gasteiger partial charge in [0.1, 0.15) is 5.82 Å². The maximum Gasteiger partial charge on any atom is 0.260 e. The van der Waals surface area contributed by atoms with Gasteiger partial charge in [-0.25, -0.2) is 0 Å². The van der Waals surface area contributed by atoms with Gasteiger partial charge in [-0.2, -0.15) is 0 Å². The molecule has 5 nitrogen and oxygen atoms in total. The Morgan fingerprint density at radius 2 is 2.06 bits per heavy atom. The van der Waals surface area contributed by atoms with Crippen LogP contribution in [0.2, 0.25) is 0 Å². The van der Waals surface area contributed by atoms with E-state index in [1.165, 1.54) is 4.57 Å². The zero-order valence-corrected chi connectivity index (χ0v) is 9.72. The molecule has 1 aliphatic heterocycles. The second-order valence-corrected chi connectivity index (χ2v) is 4.49. The summed E-state index contributed by atoms with van der Waals surface area (Å²) in [7, 11) is 0. The highest BCUT2D eigenvalue weighted by atomic mass is 16.2. The van der Waals surface area contributed by atoms with Crippen LogP contribution in [-0.4, -0.2) is 17.0 Å². The summed E-state index contributed by atoms with van der Waals surface area (Å²) < 4.78 is 1.51. The number of nitrogen functional groups attached to an aromatic ring is 1. The standard InChI is InChI=1S/C13H13N3O2/c14-11-5-8-3-1-2-4-10(8)13(18)16(11)9-6-12(17)15-7-9/h1-5,9H,6-7,14H2,(H,15,17). The van der Waals surface area contributed by atoms with Crippen LogP contribution in [0.5, 0.6) is 0 Å². The highest BCUT2D eigenvalue weighted by molar-refractivity contribution is 5.84. The third-order valence-corrected chi connectivity index (χ3v) is 3.31. The molecule has 5 heteroatoms. The molecular formula is C13H13N3O2. The molecule has 1 saturated heterocycles. The van der Waals surface area contributed by atoms with Gasteiger partial charge >= 0.3 is 0 Å². The van der Waals surface area contributed by atoms with Gasteiger partial charge in [0.05, 0.1) is 6.04 Å². The number of pyridine rings is 1. The first-order valence-electron chi connectivity index (χ1n) is 5.83. The zero-order chi connectivity index (χ0) is 12.7. The first kappa shape index (κ1) is 10.8. The SMILES string of the molecule is Nc1cc2ccccc2c(=O)n1C1CNC(=O)C1. The Balaban J connectivity index is 2.23. The number of nitrogens with two attached hydrogens (primary N) is 1. The van der Waals surface area contributed by atoms with E-state index >= 15 is 0 Å². The summed E-state index contributed by atoms with van der Waals surface area (Å²) in [5.74, 6) is 0.361. The van der Waals surface area contributed by atoms with Crippen molar-refractivity contribution >= 4 is 22.5 Å². The van der Waals surface area contributed by atoms with Crippen molar-refractivity contribution in [1.82, 2.24) is 9.88 Å². The lowest BCUT2D eigenvalue weighted by atomic mass is 10.1. The first-order chi connectivity index (χ1) is 8.66. The van der Waals surface area contributed by atoms with Crippen molar-refractivity contribution in [2.24, 2.45) is 0 Å². The molecule has 0 radical (unpaired) electrons. The van der Waals surface area contributed by atoms with E-state index in [4.69, 9.17) is 5.73 Å². The molecule has 3 rings (SSSR count). The summed E-state index contributed by atoms with van der Waals surface area (Å²) in [6, 6.07) is 8.91. The number of rotatable bonds is 1. The van der Waals surface area contributed by atoms with Crippen molar-refractivity contribution in [2.75, 3.05) is 12.3 Å². The number of carbonyl (C=O) groups is 1. The van der Waals surface area contributed by atoms with E-state index in [2.05, 4.69) is 5.32 Å². The van der Waals surface area contributed by atoms with E-state index in [9.17, 15) is 9.59 Å². The molecule has 18 heavy (non-hydrogen) atoms. The van der Waals surface area contributed by atoms with E-state index in [-0.39, 0.29) is 17.5 Å². The highest BCUT2D eigenvalue weighted by Crippen LogP contribution is 2.21. The second kappa shape index (κ2) is 3.87. The molecule has 0 bridgehead atoms. The summed E-state index contributed by atoms with van der Waals surface area (Å²) in [5, 5.41) is 4.17. The summed E-state index contributed by atoms with van der Waals surface area (Å²) in [4.78, 5) is 23.6. The minimum absolute atomic E-state index is 0.0422. The predicted octanol–water partition coefficient (Wildman–Crippen LogP) is 0.645. The van der Waals surface area contributed by atoms with Crippen LogP contribution in [0, 0.1) is 0 Å². The van der Waals surface area contributed by atoms with Crippen LogP contribution in [-0.2, 0) is 4.79 Å². The molecule has 0 spiro atoms. The van der Waals surface area contributed by atoms with Crippen LogP contribution in [0.15, 0.2) is 35.1 Å². The number of hydrogen-bond acceptors (Lipinski definition) is 3. The number of nitrogens with zero attached hydrogens (tertiary/aromatic N) is 1. The largest absolute Gasteiger partial charge is 0.385 e. The van der Waals surface area contributed by atoms with E-state index in [0.717, 1.165) is 5.39 Å². The second-order valence-electron chi connectivity index (χ2n) is 4.49. The van der Waals surface area contributed by atoms with Crippen molar-refractivity contribution in [3.05, 3.63) is 40.7 Å². The smallest absolute Gasteiger partial charge is 0.260 e. The van der Waals surface area contributed by atoms with Crippen LogP contribution in [0.3, 0.4) is 0 Å². The Hall–Kier alpha value is -2.30. The Labute approximate surface area is 103 Å². The fraction of sp³-hybridized carbons (Fsp3) is 0.231. The lowest BCUT2D eigenvalue weighted by Gasteiger charge is -2.16. The van der Waals surface area contributed by atoms with E-state index in [0.29, 0.717) is 24.2 Å². The number of fused-ring (bicyclic) bond motifs is 1. The Morgan fingerprint density at radius 3 is 2.78 bits per heavy atom. The molecule has 3 N–H and O–H groups in total. The van der Waals surface area contributed by atoms with Crippen LogP contribution in [0.4, 0.5) is 5.82 Å². The van der Waals surface area contributed by atoms with Crippen molar-refractivity contribution in [1.29, 1.82) is 0 Å². The average Bonchev–Trinajstić information content (AvgIpc) is 2.76. The minimum Gasteiger partial charge on any atom is -0.385 e. The molecule has 1 aromatic carbocycles. The van der Waals surface area contributed by atoms with Gasteiger partial charge in [-0.3, -0.25) is 14.2 Å². The van der Waals surface area contributed by atoms with Gasteiger partial charge in [-0.15, -0.1) is 0 Å². The van der Waals surface area contributed by atoms with E-state index < -0.39 is 0 Å². The van der Waals surface area contributed by atoms with Crippen LogP contribution < -0.4 is 16.6 Å². The van der Waals surface area contributed by atoms with Crippen LogP contribution in [0.25, 0.3) is 10.8 Å². The molecule has 1 unspecified atom stereocenters. The number of hydrogen-bond donors (Lipinski definition) is 2. The summed E-state index contributed by atoms with van der Waals surface area (Å²) >= 11 is 0. The lowest BCUT2D eigenvalue weighted by molar-refractivity contribution is -0.119. The molecule has 2 aromatic rings. The van der Waals surface area contributed by atoms with Gasteiger partial charge in [-0.1, -0.05) is 18.2 Å². The van der Waals surface area contributed by atoms with Crippen molar-refractivity contribution in [3.8, 4) is 0 Å². The van der Waals surface area contributed by atoms with Gasteiger partial charge in [0.2, 0.25) is 5.91 Å². The van der Waals surface area contributed by atoms with E-state index in [1.54, 1.807) is 12.1 Å². The average molecular weight is 243 g/mol. The molecule has 92 valence electrons. The van der Waals surface area contributed by atoms with Crippen molar-refractivity contribution in [2.45, 2.75) is 12.5 Å². The molecular weight excluding hydrogens is 230 g/mol. The maximum atomic E-state index is 12.4. The van der Waals surface area contributed by atoms with Gasteiger partial charge in [-0.05, 0) is 17.5 Å². The maximum absolute atomic E-state index is 12.4. The Bertz CT molecular complexity index is 690. The highest BCUT2D eigenvalue weighted by Gasteiger charge is 2.25. The minimum atomic E-state index is -0.186. The summed E-state index contributed by atoms with van der Waals surface area (Å²) in [5.41, 5.74) is 5.80. The molecule has 1 fully saturated rings. The summed E-state index contributed by atoms with van der Waals surface area (Å²) in [6.07, 6.45) is 0.308. The van der Waals surface area contributed by atoms with E-state index in [1.807, 2.05) is 18.2 Å². The Morgan fingerprint density at radius 1 is 1.28 bits per heavy atom. The fourth-order valence-corrected chi connectivity index (χ4v) is 2.44. The van der Waals surface area contributed by atoms with Crippen molar-refractivity contribution < 1.29 is 4.79 Å². The molecule has 0 aliphatic carbocycles. The lowest BCUT2D eigenvalue weighted by Crippen LogP contribution is -2.28. The number of nitrogens with one attached hydrogen (secondary N) is 1. The summed E-state index contributed by atoms with van der Waals surface area (Å²) in [6.45, 7) is 0.460. The normalized spacial score (nSPS) is 19.1. The molecule has 1 atom stereocenters. The number of carbonyl (C=O) groups excluding carboxylic acids is 1. The van der Waals surface area contributed by atoms with Gasteiger partial charge < -0.3 is 11.1 Å². The Kier molecular flexibility index (Phi) is 2.33. The zero-order valence-electron chi connectivity index (χ0n) is 9.72. The molecule has 2 heterocycles. The predicted molar refractivity (Wildman–Crippen MR) is 69.3 cm³/mol. The van der Waals surface area contributed by atoms with Gasteiger partial charge in [0.15, 0.2) is 0 Å². The number of amides is 1. The molecule has 1 amide bonds. The fourth-order valence-electron chi connectivity index (χ4n) is 2.44. The molecule has 0 saturated carbocycles. The van der Waals surface area contributed by atoms with Gasteiger partial charge in [0.25, 0.3) is 5.56 Å². The molecule has 1 aromatic heterocycles. The third kappa shape index (κ3) is 1.55. The first-order valence-corrected chi connectivity index (χ1v) is 5.83. The monoisotopic (exact) mass is 243 g/mol. The third-order valence-electron chi connectivity index (χ3n) is 3.31. The topological polar surface area (TPSA) is 77.1 Å². The van der Waals surface area contributed by atoms with Crippen LogP contribution in [0.1, 0.15) is 12.5 Å². The number of aromatic nitrogens is 1. The quantitative estimate of drug-likeness (QED) is 0.771. The molecule has 1 aliphatic rings. The number of anilines is 1. The van der Waals surface area contributed by atoms with Crippen LogP contribution >= 0.6 is 0 Å². The van der Waals surface area contributed by atoms with Crippen molar-refractivity contribution in [3.63, 3.8) is 0 Å². The number of benzene rings is 1.